The van der Waals surface area contributed by atoms with Crippen molar-refractivity contribution in [3.8, 4) is 0 Å². The van der Waals surface area contributed by atoms with Crippen LogP contribution in [0.5, 0.6) is 0 Å². The van der Waals surface area contributed by atoms with Crippen LogP contribution in [0.4, 0.5) is 11.4 Å². The summed E-state index contributed by atoms with van der Waals surface area (Å²) in [6, 6.07) is 3.43. The van der Waals surface area contributed by atoms with E-state index in [-0.39, 0.29) is 25.9 Å². The fourth-order valence-corrected chi connectivity index (χ4v) is 3.10. The summed E-state index contributed by atoms with van der Waals surface area (Å²) in [5, 5.41) is 9.27. The molecule has 0 aromatic heterocycles. The minimum atomic E-state index is -1.35. The molecule has 1 aromatic rings. The molecule has 126 valence electrons. The number of carboxylic acids is 1. The number of hydrogen-bond acceptors (Lipinski definition) is 5. The predicted octanol–water partition coefficient (Wildman–Crippen LogP) is 1.69. The molecule has 3 rings (SSSR count). The van der Waals surface area contributed by atoms with Crippen LogP contribution in [-0.2, 0) is 19.2 Å². The summed E-state index contributed by atoms with van der Waals surface area (Å²) >= 11 is 5.88. The van der Waals surface area contributed by atoms with Crippen molar-refractivity contribution >= 4 is 72.8 Å². The first kappa shape index (κ1) is 17.2. The molecule has 0 saturated carbocycles. The number of benzene rings is 1. The highest BCUT2D eigenvalue weighted by Crippen LogP contribution is 2.33. The molecule has 0 saturated heterocycles. The van der Waals surface area contributed by atoms with Gasteiger partial charge in [-0.25, -0.2) is 14.6 Å². The van der Waals surface area contributed by atoms with Gasteiger partial charge in [0, 0.05) is 12.2 Å². The largest absolute Gasteiger partial charge is 0.478 e. The first-order valence-corrected chi connectivity index (χ1v) is 8.19. The SMILES string of the molecule is O=C(O)c1cc(N2C(=O)C=C(Br)C2=O)cc(N2C(=O)C=C(Br)C2=O)c1. The topological polar surface area (TPSA) is 112 Å². The second-order valence-electron chi connectivity index (χ2n) is 4.99. The molecule has 0 fully saturated rings. The number of halogens is 2. The summed E-state index contributed by atoms with van der Waals surface area (Å²) in [6.45, 7) is 0. The Balaban J connectivity index is 2.13. The standard InChI is InChI=1S/C15H6Br2N2O6/c16-9-4-11(20)18(13(9)22)7-1-6(15(24)25)2-8(3-7)19-12(21)5-10(17)14(19)23/h1-5H,(H,24,25). The normalized spacial score (nSPS) is 17.4. The van der Waals surface area contributed by atoms with Crippen LogP contribution in [0.1, 0.15) is 10.4 Å². The smallest absolute Gasteiger partial charge is 0.335 e. The van der Waals surface area contributed by atoms with Crippen LogP contribution in [-0.4, -0.2) is 34.7 Å². The summed E-state index contributed by atoms with van der Waals surface area (Å²) in [6.07, 6.45) is 2.08. The summed E-state index contributed by atoms with van der Waals surface area (Å²) in [4.78, 5) is 61.0. The number of nitrogens with zero attached hydrogens (tertiary/aromatic N) is 2. The van der Waals surface area contributed by atoms with Crippen LogP contribution in [0.25, 0.3) is 0 Å². The zero-order valence-corrected chi connectivity index (χ0v) is 15.2. The molecular formula is C15H6Br2N2O6. The number of amides is 4. The van der Waals surface area contributed by atoms with Gasteiger partial charge < -0.3 is 5.11 Å². The number of aromatic carboxylic acids is 1. The Morgan fingerprint density at radius 1 is 0.800 bits per heavy atom. The number of rotatable bonds is 3. The van der Waals surface area contributed by atoms with E-state index in [1.165, 1.54) is 6.07 Å². The molecule has 8 nitrogen and oxygen atoms in total. The predicted molar refractivity (Wildman–Crippen MR) is 92.4 cm³/mol. The minimum absolute atomic E-state index is 0.0116. The van der Waals surface area contributed by atoms with Crippen molar-refractivity contribution in [1.29, 1.82) is 0 Å². The van der Waals surface area contributed by atoms with Crippen molar-refractivity contribution in [3.63, 3.8) is 0 Å². The van der Waals surface area contributed by atoms with E-state index in [0.29, 0.717) is 0 Å². The number of carboxylic acid groups (broad SMARTS) is 1. The quantitative estimate of drug-likeness (QED) is 0.674. The van der Waals surface area contributed by atoms with E-state index in [1.54, 1.807) is 0 Å². The maximum atomic E-state index is 12.1. The van der Waals surface area contributed by atoms with Gasteiger partial charge in [0.1, 0.15) is 0 Å². The van der Waals surface area contributed by atoms with Gasteiger partial charge >= 0.3 is 5.97 Å². The molecule has 0 aliphatic carbocycles. The molecule has 0 atom stereocenters. The van der Waals surface area contributed by atoms with Crippen molar-refractivity contribution in [1.82, 2.24) is 0 Å². The average Bonchev–Trinajstić information content (AvgIpc) is 2.93. The lowest BCUT2D eigenvalue weighted by Crippen LogP contribution is -2.33. The van der Waals surface area contributed by atoms with Crippen molar-refractivity contribution in [2.45, 2.75) is 0 Å². The molecule has 0 radical (unpaired) electrons. The second-order valence-corrected chi connectivity index (χ2v) is 6.69. The van der Waals surface area contributed by atoms with E-state index >= 15 is 0 Å². The Kier molecular flexibility index (Phi) is 4.17. The Labute approximate surface area is 156 Å². The fourth-order valence-electron chi connectivity index (χ4n) is 2.35. The molecule has 2 aliphatic heterocycles. The zero-order valence-electron chi connectivity index (χ0n) is 12.0. The Bertz CT molecular complexity index is 883. The highest BCUT2D eigenvalue weighted by atomic mass is 79.9. The van der Waals surface area contributed by atoms with Gasteiger partial charge in [-0.3, -0.25) is 19.2 Å². The maximum Gasteiger partial charge on any atom is 0.335 e. The first-order chi connectivity index (χ1) is 11.7. The van der Waals surface area contributed by atoms with Gasteiger partial charge in [-0.1, -0.05) is 0 Å². The average molecular weight is 470 g/mol. The molecule has 2 aliphatic rings. The zero-order chi connectivity index (χ0) is 18.5. The van der Waals surface area contributed by atoms with Gasteiger partial charge in [0.05, 0.1) is 25.9 Å². The molecule has 0 unspecified atom stereocenters. The lowest BCUT2D eigenvalue weighted by Gasteiger charge is -2.20. The molecule has 1 aromatic carbocycles. The third-order valence-electron chi connectivity index (χ3n) is 3.42. The highest BCUT2D eigenvalue weighted by molar-refractivity contribution is 9.12. The number of carbonyl (C=O) groups excluding carboxylic acids is 4. The second kappa shape index (κ2) is 6.05. The molecule has 10 heteroatoms. The van der Waals surface area contributed by atoms with Crippen molar-refractivity contribution in [2.75, 3.05) is 9.80 Å². The van der Waals surface area contributed by atoms with E-state index in [9.17, 15) is 29.1 Å². The summed E-state index contributed by atoms with van der Waals surface area (Å²) in [7, 11) is 0. The van der Waals surface area contributed by atoms with Crippen LogP contribution < -0.4 is 9.80 Å². The Hall–Kier alpha value is -2.59. The summed E-state index contributed by atoms with van der Waals surface area (Å²) < 4.78 is 0.0232. The monoisotopic (exact) mass is 468 g/mol. The number of imide groups is 2. The van der Waals surface area contributed by atoms with Gasteiger partial charge in [-0.2, -0.15) is 0 Å². The maximum absolute atomic E-state index is 12.1. The van der Waals surface area contributed by atoms with E-state index in [0.717, 1.165) is 34.1 Å². The van der Waals surface area contributed by atoms with Crippen molar-refractivity contribution < 1.29 is 29.1 Å². The molecule has 1 N–H and O–H groups in total. The molecule has 0 bridgehead atoms. The number of anilines is 2. The van der Waals surface area contributed by atoms with E-state index in [4.69, 9.17) is 0 Å². The third kappa shape index (κ3) is 2.83. The van der Waals surface area contributed by atoms with Crippen LogP contribution in [0.2, 0.25) is 0 Å². The van der Waals surface area contributed by atoms with E-state index in [1.807, 2.05) is 0 Å². The lowest BCUT2D eigenvalue weighted by atomic mass is 10.1. The van der Waals surface area contributed by atoms with Crippen molar-refractivity contribution in [3.05, 3.63) is 44.9 Å². The summed E-state index contributed by atoms with van der Waals surface area (Å²) in [5.74, 6) is -4.07. The molecule has 2 heterocycles. The van der Waals surface area contributed by atoms with Crippen LogP contribution in [0.15, 0.2) is 39.3 Å². The molecular weight excluding hydrogens is 464 g/mol. The fraction of sp³-hybridized carbons (Fsp3) is 0. The van der Waals surface area contributed by atoms with Gasteiger partial charge in [0.15, 0.2) is 0 Å². The van der Waals surface area contributed by atoms with Gasteiger partial charge in [0.25, 0.3) is 23.6 Å². The molecule has 4 amide bonds. The lowest BCUT2D eigenvalue weighted by molar-refractivity contribution is -0.121. The van der Waals surface area contributed by atoms with Crippen LogP contribution in [0, 0.1) is 0 Å². The van der Waals surface area contributed by atoms with Crippen molar-refractivity contribution in [2.24, 2.45) is 0 Å². The van der Waals surface area contributed by atoms with E-state index in [2.05, 4.69) is 31.9 Å². The Morgan fingerprint density at radius 3 is 1.48 bits per heavy atom. The number of carbonyl (C=O) groups is 5. The van der Waals surface area contributed by atoms with Gasteiger partial charge in [0.2, 0.25) is 0 Å². The third-order valence-corrected chi connectivity index (χ3v) is 4.56. The van der Waals surface area contributed by atoms with Gasteiger partial charge in [-0.05, 0) is 50.1 Å². The molecule has 25 heavy (non-hydrogen) atoms. The highest BCUT2D eigenvalue weighted by Gasteiger charge is 2.35. The molecule has 0 spiro atoms. The number of hydrogen-bond donors (Lipinski definition) is 1. The minimum Gasteiger partial charge on any atom is -0.478 e. The first-order valence-electron chi connectivity index (χ1n) is 6.60. The summed E-state index contributed by atoms with van der Waals surface area (Å²) in [5.41, 5.74) is -0.432. The van der Waals surface area contributed by atoms with Gasteiger partial charge in [-0.15, -0.1) is 0 Å². The van der Waals surface area contributed by atoms with E-state index < -0.39 is 29.6 Å². The Morgan fingerprint density at radius 2 is 1.20 bits per heavy atom. The van der Waals surface area contributed by atoms with Crippen LogP contribution in [0.3, 0.4) is 0 Å². The van der Waals surface area contributed by atoms with Crippen LogP contribution >= 0.6 is 31.9 Å².